The summed E-state index contributed by atoms with van der Waals surface area (Å²) in [5, 5.41) is 0. The lowest BCUT2D eigenvalue weighted by molar-refractivity contribution is 0.107. The van der Waals surface area contributed by atoms with Crippen molar-refractivity contribution in [1.82, 2.24) is 4.72 Å². The minimum absolute atomic E-state index is 0.0497. The van der Waals surface area contributed by atoms with E-state index in [2.05, 4.69) is 4.72 Å². The second-order valence-electron chi connectivity index (χ2n) is 5.38. The largest absolute Gasteiger partial charge is 0.375 e. The van der Waals surface area contributed by atoms with Gasteiger partial charge in [-0.15, -0.1) is 0 Å². The average Bonchev–Trinajstić information content (AvgIpc) is 2.47. The number of rotatable bonds is 7. The molecule has 2 aromatic carbocycles. The lowest BCUT2D eigenvalue weighted by atomic mass is 10.1. The van der Waals surface area contributed by atoms with Crippen LogP contribution in [-0.2, 0) is 20.5 Å². The van der Waals surface area contributed by atoms with Gasteiger partial charge in [-0.1, -0.05) is 42.0 Å². The molecule has 1 atom stereocenters. The van der Waals surface area contributed by atoms with Gasteiger partial charge in [0.15, 0.2) is 0 Å². The third-order valence-corrected chi connectivity index (χ3v) is 4.75. The Morgan fingerprint density at radius 2 is 1.91 bits per heavy atom. The molecule has 2 rings (SSSR count). The van der Waals surface area contributed by atoms with E-state index in [4.69, 9.17) is 4.74 Å². The smallest absolute Gasteiger partial charge is 0.215 e. The van der Waals surface area contributed by atoms with E-state index >= 15 is 0 Å². The summed E-state index contributed by atoms with van der Waals surface area (Å²) in [6.45, 7) is 1.96. The predicted molar refractivity (Wildman–Crippen MR) is 88.0 cm³/mol. The summed E-state index contributed by atoms with van der Waals surface area (Å²) in [4.78, 5) is 0. The van der Waals surface area contributed by atoms with Gasteiger partial charge in [0.1, 0.15) is 5.82 Å². The van der Waals surface area contributed by atoms with Crippen LogP contribution in [0.15, 0.2) is 48.5 Å². The molecule has 0 aliphatic rings. The van der Waals surface area contributed by atoms with E-state index in [0.717, 1.165) is 11.1 Å². The van der Waals surface area contributed by atoms with Gasteiger partial charge in [0.25, 0.3) is 0 Å². The number of methoxy groups -OCH3 is 1. The normalized spacial score (nSPS) is 13.0. The predicted octanol–water partition coefficient (Wildman–Crippen LogP) is 2.94. The van der Waals surface area contributed by atoms with Crippen LogP contribution in [-0.4, -0.2) is 22.1 Å². The highest BCUT2D eigenvalue weighted by Crippen LogP contribution is 2.17. The molecule has 0 saturated heterocycles. The minimum Gasteiger partial charge on any atom is -0.375 e. The first kappa shape index (κ1) is 17.6. The van der Waals surface area contributed by atoms with Gasteiger partial charge in [0.2, 0.25) is 10.0 Å². The van der Waals surface area contributed by atoms with Crippen molar-refractivity contribution in [2.75, 3.05) is 13.7 Å². The Hall–Kier alpha value is -1.76. The maximum absolute atomic E-state index is 13.3. The third-order valence-electron chi connectivity index (χ3n) is 3.43. The zero-order chi connectivity index (χ0) is 16.9. The van der Waals surface area contributed by atoms with Crippen LogP contribution in [0, 0.1) is 12.7 Å². The van der Waals surface area contributed by atoms with Gasteiger partial charge in [0, 0.05) is 13.7 Å². The maximum atomic E-state index is 13.3. The Balaban J connectivity index is 2.02. The summed E-state index contributed by atoms with van der Waals surface area (Å²) in [6.07, 6.45) is -0.544. The van der Waals surface area contributed by atoms with Crippen molar-refractivity contribution in [3.63, 3.8) is 0 Å². The van der Waals surface area contributed by atoms with Gasteiger partial charge in [-0.05, 0) is 30.2 Å². The molecule has 6 heteroatoms. The van der Waals surface area contributed by atoms with E-state index in [9.17, 15) is 12.8 Å². The molecule has 0 saturated carbocycles. The summed E-state index contributed by atoms with van der Waals surface area (Å²) in [6, 6.07) is 13.3. The summed E-state index contributed by atoms with van der Waals surface area (Å²) in [7, 11) is -2.04. The molecule has 0 aliphatic carbocycles. The lowest BCUT2D eigenvalue weighted by Gasteiger charge is -2.17. The summed E-state index contributed by atoms with van der Waals surface area (Å²) in [5.41, 5.74) is 2.32. The fraction of sp³-hybridized carbons (Fsp3) is 0.294. The zero-order valence-corrected chi connectivity index (χ0v) is 13.9. The van der Waals surface area contributed by atoms with Crippen molar-refractivity contribution >= 4 is 10.0 Å². The van der Waals surface area contributed by atoms with Crippen molar-refractivity contribution in [2.24, 2.45) is 0 Å². The molecule has 1 N–H and O–H groups in total. The first-order valence-corrected chi connectivity index (χ1v) is 8.86. The van der Waals surface area contributed by atoms with Crippen molar-refractivity contribution in [3.05, 3.63) is 71.0 Å². The molecule has 0 radical (unpaired) electrons. The van der Waals surface area contributed by atoms with E-state index in [1.54, 1.807) is 18.2 Å². The minimum atomic E-state index is -3.50. The van der Waals surface area contributed by atoms with Crippen molar-refractivity contribution in [2.45, 2.75) is 18.8 Å². The first-order chi connectivity index (χ1) is 10.9. The Morgan fingerprint density at radius 1 is 1.17 bits per heavy atom. The fourth-order valence-corrected chi connectivity index (χ4v) is 3.44. The molecular weight excluding hydrogens is 317 g/mol. The Labute approximate surface area is 136 Å². The second kappa shape index (κ2) is 7.68. The highest BCUT2D eigenvalue weighted by atomic mass is 32.2. The third kappa shape index (κ3) is 5.42. The number of benzene rings is 2. The van der Waals surface area contributed by atoms with Crippen LogP contribution in [0.2, 0.25) is 0 Å². The van der Waals surface area contributed by atoms with Crippen molar-refractivity contribution in [1.29, 1.82) is 0 Å². The quantitative estimate of drug-likeness (QED) is 0.845. The highest BCUT2D eigenvalue weighted by molar-refractivity contribution is 7.88. The molecule has 0 aromatic heterocycles. The molecular formula is C17H20FNO3S. The number of hydrogen-bond donors (Lipinski definition) is 1. The summed E-state index contributed by atoms with van der Waals surface area (Å²) >= 11 is 0. The Kier molecular flexibility index (Phi) is 5.87. The molecule has 0 spiro atoms. The SMILES string of the molecule is CO[C@H](CNS(=O)(=O)Cc1cccc(C)c1)c1cccc(F)c1. The van der Waals surface area contributed by atoms with Gasteiger partial charge in [0.05, 0.1) is 11.9 Å². The molecule has 124 valence electrons. The zero-order valence-electron chi connectivity index (χ0n) is 13.1. The van der Waals surface area contributed by atoms with E-state index in [1.165, 1.54) is 19.2 Å². The van der Waals surface area contributed by atoms with Gasteiger partial charge < -0.3 is 4.74 Å². The van der Waals surface area contributed by atoms with Crippen LogP contribution in [0.3, 0.4) is 0 Å². The van der Waals surface area contributed by atoms with E-state index in [1.807, 2.05) is 25.1 Å². The standard InChI is InChI=1S/C17H20FNO3S/c1-13-5-3-6-14(9-13)12-23(20,21)19-11-17(22-2)15-7-4-8-16(18)10-15/h3-10,17,19H,11-12H2,1-2H3/t17-/m1/s1. The molecule has 0 heterocycles. The van der Waals surface area contributed by atoms with Gasteiger partial charge in [-0.3, -0.25) is 0 Å². The summed E-state index contributed by atoms with van der Waals surface area (Å²) < 4.78 is 45.4. The van der Waals surface area contributed by atoms with E-state index in [-0.39, 0.29) is 18.1 Å². The molecule has 0 bridgehead atoms. The number of nitrogens with one attached hydrogen (secondary N) is 1. The van der Waals surface area contributed by atoms with Gasteiger partial charge in [-0.25, -0.2) is 17.5 Å². The molecule has 0 unspecified atom stereocenters. The molecule has 2 aromatic rings. The number of ether oxygens (including phenoxy) is 1. The molecule has 0 fully saturated rings. The number of sulfonamides is 1. The second-order valence-corrected chi connectivity index (χ2v) is 7.18. The lowest BCUT2D eigenvalue weighted by Crippen LogP contribution is -2.30. The van der Waals surface area contributed by atoms with Gasteiger partial charge >= 0.3 is 0 Å². The molecule has 4 nitrogen and oxygen atoms in total. The monoisotopic (exact) mass is 337 g/mol. The summed E-state index contributed by atoms with van der Waals surface area (Å²) in [5.74, 6) is -0.485. The molecule has 0 amide bonds. The number of hydrogen-bond acceptors (Lipinski definition) is 3. The fourth-order valence-electron chi connectivity index (χ4n) is 2.32. The highest BCUT2D eigenvalue weighted by Gasteiger charge is 2.17. The first-order valence-electron chi connectivity index (χ1n) is 7.21. The molecule has 23 heavy (non-hydrogen) atoms. The van der Waals surface area contributed by atoms with Crippen LogP contribution in [0.1, 0.15) is 22.8 Å². The topological polar surface area (TPSA) is 55.4 Å². The van der Waals surface area contributed by atoms with Crippen LogP contribution in [0.5, 0.6) is 0 Å². The Morgan fingerprint density at radius 3 is 2.57 bits per heavy atom. The van der Waals surface area contributed by atoms with E-state index < -0.39 is 16.1 Å². The van der Waals surface area contributed by atoms with Crippen LogP contribution in [0.4, 0.5) is 4.39 Å². The maximum Gasteiger partial charge on any atom is 0.215 e. The van der Waals surface area contributed by atoms with Gasteiger partial charge in [-0.2, -0.15) is 0 Å². The van der Waals surface area contributed by atoms with Crippen LogP contribution < -0.4 is 4.72 Å². The number of halogens is 1. The van der Waals surface area contributed by atoms with Crippen LogP contribution in [0.25, 0.3) is 0 Å². The van der Waals surface area contributed by atoms with Crippen molar-refractivity contribution < 1.29 is 17.5 Å². The number of aryl methyl sites for hydroxylation is 1. The molecule has 0 aliphatic heterocycles. The van der Waals surface area contributed by atoms with Crippen LogP contribution >= 0.6 is 0 Å². The van der Waals surface area contributed by atoms with Crippen molar-refractivity contribution in [3.8, 4) is 0 Å². The Bertz CT molecular complexity index is 762. The van der Waals surface area contributed by atoms with E-state index in [0.29, 0.717) is 5.56 Å². The average molecular weight is 337 g/mol.